The van der Waals surface area contributed by atoms with Crippen molar-refractivity contribution in [1.29, 1.82) is 0 Å². The van der Waals surface area contributed by atoms with E-state index in [-0.39, 0.29) is 5.97 Å². The van der Waals surface area contributed by atoms with Gasteiger partial charge in [-0.3, -0.25) is 0 Å². The molecule has 2 aromatic carbocycles. The summed E-state index contributed by atoms with van der Waals surface area (Å²) in [5, 5.41) is 0. The van der Waals surface area contributed by atoms with E-state index in [1.54, 1.807) is 13.2 Å². The van der Waals surface area contributed by atoms with E-state index >= 15 is 0 Å². The number of hydrogen-bond donors (Lipinski definition) is 0. The zero-order chi connectivity index (χ0) is 20.2. The zero-order valence-electron chi connectivity index (χ0n) is 17.3. The van der Waals surface area contributed by atoms with Crippen molar-refractivity contribution in [1.82, 2.24) is 0 Å². The molecule has 0 heterocycles. The van der Waals surface area contributed by atoms with Crippen LogP contribution in [0.3, 0.4) is 0 Å². The molecule has 2 aromatic rings. The molecule has 0 aromatic heterocycles. The highest BCUT2D eigenvalue weighted by atomic mass is 16.7. The SMILES string of the molecule is CCCCCC(CC)c1ccccc1C(=O)OC(C=Cc1ccccc1)OC. The van der Waals surface area contributed by atoms with Gasteiger partial charge in [-0.1, -0.05) is 87.7 Å². The summed E-state index contributed by atoms with van der Waals surface area (Å²) >= 11 is 0. The average Bonchev–Trinajstić information content (AvgIpc) is 2.75. The van der Waals surface area contributed by atoms with E-state index < -0.39 is 6.29 Å². The predicted octanol–water partition coefficient (Wildman–Crippen LogP) is 6.60. The summed E-state index contributed by atoms with van der Waals surface area (Å²) in [6.07, 6.45) is 8.63. The smallest absolute Gasteiger partial charge is 0.340 e. The van der Waals surface area contributed by atoms with Gasteiger partial charge in [-0.2, -0.15) is 0 Å². The van der Waals surface area contributed by atoms with Crippen LogP contribution in [0.25, 0.3) is 6.08 Å². The minimum atomic E-state index is -0.721. The highest BCUT2D eigenvalue weighted by Gasteiger charge is 2.20. The van der Waals surface area contributed by atoms with Crippen LogP contribution in [0.5, 0.6) is 0 Å². The van der Waals surface area contributed by atoms with E-state index in [4.69, 9.17) is 9.47 Å². The van der Waals surface area contributed by atoms with E-state index in [9.17, 15) is 4.79 Å². The second-order valence-electron chi connectivity index (χ2n) is 6.97. The van der Waals surface area contributed by atoms with Gasteiger partial charge in [-0.05, 0) is 42.0 Å². The van der Waals surface area contributed by atoms with Crippen molar-refractivity contribution < 1.29 is 14.3 Å². The molecule has 0 saturated carbocycles. The second kappa shape index (κ2) is 12.1. The molecule has 150 valence electrons. The maximum Gasteiger partial charge on any atom is 0.340 e. The van der Waals surface area contributed by atoms with Gasteiger partial charge in [0.1, 0.15) is 0 Å². The Morgan fingerprint density at radius 1 is 1.00 bits per heavy atom. The number of ether oxygens (including phenoxy) is 2. The normalized spacial score (nSPS) is 13.4. The summed E-state index contributed by atoms with van der Waals surface area (Å²) in [5.74, 6) is 0.0326. The molecule has 2 unspecified atom stereocenters. The third kappa shape index (κ3) is 6.65. The minimum absolute atomic E-state index is 0.339. The van der Waals surface area contributed by atoms with Crippen LogP contribution < -0.4 is 0 Å². The number of carbonyl (C=O) groups is 1. The quantitative estimate of drug-likeness (QED) is 0.250. The van der Waals surface area contributed by atoms with Crippen molar-refractivity contribution >= 4 is 12.0 Å². The van der Waals surface area contributed by atoms with E-state index in [2.05, 4.69) is 19.9 Å². The minimum Gasteiger partial charge on any atom is -0.428 e. The first kappa shape index (κ1) is 21.9. The number of esters is 1. The van der Waals surface area contributed by atoms with Gasteiger partial charge >= 0.3 is 5.97 Å². The molecular weight excluding hydrogens is 348 g/mol. The second-order valence-corrected chi connectivity index (χ2v) is 6.97. The number of unbranched alkanes of at least 4 members (excludes halogenated alkanes) is 2. The third-order valence-corrected chi connectivity index (χ3v) is 4.97. The predicted molar refractivity (Wildman–Crippen MR) is 115 cm³/mol. The topological polar surface area (TPSA) is 35.5 Å². The lowest BCUT2D eigenvalue weighted by atomic mass is 9.88. The van der Waals surface area contributed by atoms with Crippen molar-refractivity contribution in [3.05, 3.63) is 77.4 Å². The van der Waals surface area contributed by atoms with Crippen molar-refractivity contribution in [2.24, 2.45) is 0 Å². The van der Waals surface area contributed by atoms with Crippen LogP contribution in [-0.2, 0) is 9.47 Å². The highest BCUT2D eigenvalue weighted by Crippen LogP contribution is 2.29. The van der Waals surface area contributed by atoms with E-state index in [1.807, 2.05) is 54.6 Å². The molecule has 0 bridgehead atoms. The number of rotatable bonds is 11. The maximum absolute atomic E-state index is 12.9. The first-order valence-corrected chi connectivity index (χ1v) is 10.3. The summed E-state index contributed by atoms with van der Waals surface area (Å²) in [4.78, 5) is 12.9. The van der Waals surface area contributed by atoms with Gasteiger partial charge < -0.3 is 9.47 Å². The Morgan fingerprint density at radius 2 is 1.71 bits per heavy atom. The van der Waals surface area contributed by atoms with Gasteiger partial charge in [0.15, 0.2) is 0 Å². The standard InChI is InChI=1S/C25H32O3/c1-4-6-8-15-21(5-2)22-16-11-12-17-23(22)25(26)28-24(27-3)19-18-20-13-9-7-10-14-20/h7,9-14,16-19,21,24H,4-6,8,15H2,1-3H3. The molecule has 0 aliphatic carbocycles. The Bertz CT molecular complexity index is 736. The molecule has 0 amide bonds. The van der Waals surface area contributed by atoms with Crippen LogP contribution in [-0.4, -0.2) is 19.4 Å². The summed E-state index contributed by atoms with van der Waals surface area (Å²) in [5.41, 5.74) is 2.75. The zero-order valence-corrected chi connectivity index (χ0v) is 17.3. The Kier molecular flexibility index (Phi) is 9.50. The van der Waals surface area contributed by atoms with E-state index in [0.29, 0.717) is 11.5 Å². The Hall–Kier alpha value is -2.39. The Balaban J connectivity index is 2.11. The molecule has 2 atom stereocenters. The van der Waals surface area contributed by atoms with Crippen molar-refractivity contribution in [3.63, 3.8) is 0 Å². The molecule has 3 nitrogen and oxygen atoms in total. The third-order valence-electron chi connectivity index (χ3n) is 4.97. The van der Waals surface area contributed by atoms with Crippen molar-refractivity contribution in [2.75, 3.05) is 7.11 Å². The largest absolute Gasteiger partial charge is 0.428 e. The maximum atomic E-state index is 12.9. The summed E-state index contributed by atoms with van der Waals surface area (Å²) < 4.78 is 11.0. The van der Waals surface area contributed by atoms with E-state index in [0.717, 1.165) is 24.0 Å². The molecule has 28 heavy (non-hydrogen) atoms. The van der Waals surface area contributed by atoms with Gasteiger partial charge in [-0.25, -0.2) is 4.79 Å². The first-order chi connectivity index (χ1) is 13.7. The molecule has 0 spiro atoms. The molecule has 0 aliphatic heterocycles. The first-order valence-electron chi connectivity index (χ1n) is 10.3. The number of benzene rings is 2. The lowest BCUT2D eigenvalue weighted by Gasteiger charge is -2.20. The number of carbonyl (C=O) groups excluding carboxylic acids is 1. The highest BCUT2D eigenvalue weighted by molar-refractivity contribution is 5.91. The fourth-order valence-electron chi connectivity index (χ4n) is 3.35. The average molecular weight is 381 g/mol. The molecule has 0 saturated heterocycles. The summed E-state index contributed by atoms with van der Waals surface area (Å²) in [6.45, 7) is 4.39. The lowest BCUT2D eigenvalue weighted by molar-refractivity contribution is -0.0592. The van der Waals surface area contributed by atoms with Gasteiger partial charge in [-0.15, -0.1) is 0 Å². The van der Waals surface area contributed by atoms with Gasteiger partial charge in [0, 0.05) is 7.11 Å². The molecule has 0 fully saturated rings. The van der Waals surface area contributed by atoms with Crippen LogP contribution in [0.1, 0.15) is 73.4 Å². The van der Waals surface area contributed by atoms with E-state index in [1.165, 1.54) is 19.3 Å². The van der Waals surface area contributed by atoms with Crippen LogP contribution in [0.15, 0.2) is 60.7 Å². The fraction of sp³-hybridized carbons (Fsp3) is 0.400. The molecule has 2 rings (SSSR count). The number of hydrogen-bond acceptors (Lipinski definition) is 3. The fourth-order valence-corrected chi connectivity index (χ4v) is 3.35. The van der Waals surface area contributed by atoms with Crippen molar-refractivity contribution in [3.8, 4) is 0 Å². The van der Waals surface area contributed by atoms with Gasteiger partial charge in [0.2, 0.25) is 6.29 Å². The molecule has 0 N–H and O–H groups in total. The van der Waals surface area contributed by atoms with Crippen LogP contribution in [0.2, 0.25) is 0 Å². The van der Waals surface area contributed by atoms with Crippen molar-refractivity contribution in [2.45, 2.75) is 58.2 Å². The van der Waals surface area contributed by atoms with Gasteiger partial charge in [0.05, 0.1) is 5.56 Å². The lowest BCUT2D eigenvalue weighted by Crippen LogP contribution is -2.19. The molecular formula is C25H32O3. The van der Waals surface area contributed by atoms with Crippen LogP contribution >= 0.6 is 0 Å². The van der Waals surface area contributed by atoms with Gasteiger partial charge in [0.25, 0.3) is 0 Å². The summed E-state index contributed by atoms with van der Waals surface area (Å²) in [6, 6.07) is 17.7. The molecule has 3 heteroatoms. The molecule has 0 radical (unpaired) electrons. The monoisotopic (exact) mass is 380 g/mol. The Morgan fingerprint density at radius 3 is 2.39 bits per heavy atom. The van der Waals surface area contributed by atoms with Crippen LogP contribution in [0, 0.1) is 0 Å². The Labute approximate surface area is 169 Å². The molecule has 0 aliphatic rings. The van der Waals surface area contributed by atoms with Crippen LogP contribution in [0.4, 0.5) is 0 Å². The summed E-state index contributed by atoms with van der Waals surface area (Å²) in [7, 11) is 1.54. The number of methoxy groups -OCH3 is 1.